The van der Waals surface area contributed by atoms with Crippen LogP contribution >= 0.6 is 0 Å². The molecule has 2 aromatic rings. The largest absolute Gasteiger partial charge is 0.395 e. The van der Waals surface area contributed by atoms with E-state index in [1.54, 1.807) is 6.20 Å². The highest BCUT2D eigenvalue weighted by Gasteiger charge is 2.02. The smallest absolute Gasteiger partial charge is 0.0540 e. The van der Waals surface area contributed by atoms with Crippen LogP contribution in [-0.2, 0) is 13.1 Å². The predicted octanol–water partition coefficient (Wildman–Crippen LogP) is 2.45. The summed E-state index contributed by atoms with van der Waals surface area (Å²) in [6.07, 6.45) is 4.20. The van der Waals surface area contributed by atoms with Gasteiger partial charge in [-0.1, -0.05) is 30.0 Å². The fraction of sp³-hybridized carbons (Fsp3) is 0.278. The molecular weight excluding hydrogens is 260 g/mol. The minimum atomic E-state index is 0.112. The van der Waals surface area contributed by atoms with Gasteiger partial charge in [-0.05, 0) is 36.4 Å². The van der Waals surface area contributed by atoms with Crippen molar-refractivity contribution in [3.63, 3.8) is 0 Å². The molecule has 0 aliphatic rings. The number of aliphatic hydroxyl groups is 1. The molecule has 1 aromatic carbocycles. The average molecular weight is 280 g/mol. The molecule has 21 heavy (non-hydrogen) atoms. The Morgan fingerprint density at radius 2 is 1.95 bits per heavy atom. The van der Waals surface area contributed by atoms with Crippen LogP contribution in [0.4, 0.5) is 0 Å². The fourth-order valence-corrected chi connectivity index (χ4v) is 2.14. The highest BCUT2D eigenvalue weighted by atomic mass is 16.2. The Morgan fingerprint density at radius 3 is 2.71 bits per heavy atom. The second-order valence-electron chi connectivity index (χ2n) is 5.01. The summed E-state index contributed by atoms with van der Waals surface area (Å²) in [6.45, 7) is 1.85. The van der Waals surface area contributed by atoms with Gasteiger partial charge in [-0.25, -0.2) is 0 Å². The van der Waals surface area contributed by atoms with Gasteiger partial charge in [0.1, 0.15) is 0 Å². The molecule has 2 rings (SSSR count). The first-order valence-corrected chi connectivity index (χ1v) is 7.04. The lowest BCUT2D eigenvalue weighted by Gasteiger charge is -2.16. The molecule has 3 heteroatoms. The van der Waals surface area contributed by atoms with Crippen LogP contribution in [0.1, 0.15) is 23.1 Å². The highest BCUT2D eigenvalue weighted by Crippen LogP contribution is 2.09. The molecule has 0 saturated heterocycles. The first-order chi connectivity index (χ1) is 10.3. The third kappa shape index (κ3) is 5.39. The third-order valence-corrected chi connectivity index (χ3v) is 3.02. The van der Waals surface area contributed by atoms with E-state index in [0.29, 0.717) is 6.42 Å². The van der Waals surface area contributed by atoms with Crippen molar-refractivity contribution in [3.05, 3.63) is 65.5 Å². The molecule has 1 heterocycles. The third-order valence-electron chi connectivity index (χ3n) is 3.02. The predicted molar refractivity (Wildman–Crippen MR) is 84.4 cm³/mol. The maximum Gasteiger partial charge on any atom is 0.0540 e. The molecule has 0 radical (unpaired) electrons. The molecule has 0 fully saturated rings. The molecule has 0 amide bonds. The van der Waals surface area contributed by atoms with Gasteiger partial charge in [-0.3, -0.25) is 9.88 Å². The molecule has 0 saturated carbocycles. The van der Waals surface area contributed by atoms with Crippen molar-refractivity contribution in [2.75, 3.05) is 13.7 Å². The van der Waals surface area contributed by atoms with Gasteiger partial charge < -0.3 is 5.11 Å². The van der Waals surface area contributed by atoms with Crippen LogP contribution < -0.4 is 0 Å². The average Bonchev–Trinajstić information content (AvgIpc) is 2.49. The van der Waals surface area contributed by atoms with Gasteiger partial charge in [-0.15, -0.1) is 0 Å². The standard InChI is InChI=1S/C18H20N2O/c1-20(15-18-9-5-10-19-13-18)14-17-8-4-7-16(12-17)6-2-3-11-21/h4-5,7-10,12-13,21H,3,11,14-15H2,1H3. The summed E-state index contributed by atoms with van der Waals surface area (Å²) >= 11 is 0. The molecule has 0 atom stereocenters. The number of aromatic nitrogens is 1. The Labute approximate surface area is 126 Å². The van der Waals surface area contributed by atoms with E-state index in [2.05, 4.69) is 47.0 Å². The molecule has 3 nitrogen and oxygen atoms in total. The summed E-state index contributed by atoms with van der Waals surface area (Å²) in [7, 11) is 2.09. The molecule has 0 unspecified atom stereocenters. The summed E-state index contributed by atoms with van der Waals surface area (Å²) in [4.78, 5) is 6.38. The van der Waals surface area contributed by atoms with E-state index in [9.17, 15) is 0 Å². The summed E-state index contributed by atoms with van der Waals surface area (Å²) in [6, 6.07) is 12.3. The lowest BCUT2D eigenvalue weighted by molar-refractivity contribution is 0.305. The van der Waals surface area contributed by atoms with E-state index >= 15 is 0 Å². The van der Waals surface area contributed by atoms with Crippen molar-refractivity contribution in [1.82, 2.24) is 9.88 Å². The Kier molecular flexibility index (Phi) is 5.96. The molecule has 1 aromatic heterocycles. The van der Waals surface area contributed by atoms with Crippen LogP contribution in [-0.4, -0.2) is 28.6 Å². The van der Waals surface area contributed by atoms with Gasteiger partial charge in [-0.2, -0.15) is 0 Å². The summed E-state index contributed by atoms with van der Waals surface area (Å²) in [5.41, 5.74) is 3.44. The zero-order chi connectivity index (χ0) is 14.9. The normalized spacial score (nSPS) is 10.2. The maximum absolute atomic E-state index is 8.74. The fourth-order valence-electron chi connectivity index (χ4n) is 2.14. The van der Waals surface area contributed by atoms with Gasteiger partial charge in [0.05, 0.1) is 6.61 Å². The van der Waals surface area contributed by atoms with Gasteiger partial charge in [0.2, 0.25) is 0 Å². The van der Waals surface area contributed by atoms with Crippen molar-refractivity contribution in [3.8, 4) is 11.8 Å². The van der Waals surface area contributed by atoms with Crippen LogP contribution in [0, 0.1) is 11.8 Å². The molecular formula is C18H20N2O. The van der Waals surface area contributed by atoms with Crippen molar-refractivity contribution in [1.29, 1.82) is 0 Å². The zero-order valence-electron chi connectivity index (χ0n) is 12.3. The number of hydrogen-bond donors (Lipinski definition) is 1. The van der Waals surface area contributed by atoms with Crippen molar-refractivity contribution in [2.45, 2.75) is 19.5 Å². The van der Waals surface area contributed by atoms with Crippen LogP contribution in [0.15, 0.2) is 48.8 Å². The number of benzene rings is 1. The lowest BCUT2D eigenvalue weighted by Crippen LogP contribution is -2.17. The monoisotopic (exact) mass is 280 g/mol. The number of rotatable bonds is 5. The molecule has 0 aliphatic carbocycles. The Morgan fingerprint density at radius 1 is 1.14 bits per heavy atom. The van der Waals surface area contributed by atoms with Crippen molar-refractivity contribution >= 4 is 0 Å². The van der Waals surface area contributed by atoms with E-state index in [1.807, 2.05) is 24.4 Å². The first kappa shape index (κ1) is 15.2. The van der Waals surface area contributed by atoms with Crippen LogP contribution in [0.25, 0.3) is 0 Å². The maximum atomic E-state index is 8.74. The van der Waals surface area contributed by atoms with E-state index in [-0.39, 0.29) is 6.61 Å². The highest BCUT2D eigenvalue weighted by molar-refractivity contribution is 5.37. The van der Waals surface area contributed by atoms with Crippen molar-refractivity contribution < 1.29 is 5.11 Å². The molecule has 0 bridgehead atoms. The van der Waals surface area contributed by atoms with E-state index in [0.717, 1.165) is 18.7 Å². The van der Waals surface area contributed by atoms with E-state index < -0.39 is 0 Å². The van der Waals surface area contributed by atoms with Gasteiger partial charge in [0.25, 0.3) is 0 Å². The number of nitrogens with zero attached hydrogens (tertiary/aromatic N) is 2. The minimum Gasteiger partial charge on any atom is -0.395 e. The van der Waals surface area contributed by atoms with Gasteiger partial charge in [0.15, 0.2) is 0 Å². The van der Waals surface area contributed by atoms with E-state index in [4.69, 9.17) is 5.11 Å². The lowest BCUT2D eigenvalue weighted by atomic mass is 10.1. The Bertz CT molecular complexity index is 614. The van der Waals surface area contributed by atoms with Gasteiger partial charge >= 0.3 is 0 Å². The van der Waals surface area contributed by atoms with Crippen LogP contribution in [0.2, 0.25) is 0 Å². The van der Waals surface area contributed by atoms with Crippen LogP contribution in [0.5, 0.6) is 0 Å². The summed E-state index contributed by atoms with van der Waals surface area (Å²) < 4.78 is 0. The van der Waals surface area contributed by atoms with Crippen molar-refractivity contribution in [2.24, 2.45) is 0 Å². The summed E-state index contributed by atoms with van der Waals surface area (Å²) in [5.74, 6) is 6.02. The molecule has 108 valence electrons. The molecule has 1 N–H and O–H groups in total. The molecule has 0 spiro atoms. The number of hydrogen-bond acceptors (Lipinski definition) is 3. The Balaban J connectivity index is 1.96. The first-order valence-electron chi connectivity index (χ1n) is 7.04. The minimum absolute atomic E-state index is 0.112. The Hall–Kier alpha value is -2.15. The number of aliphatic hydroxyl groups excluding tert-OH is 1. The molecule has 0 aliphatic heterocycles. The zero-order valence-corrected chi connectivity index (χ0v) is 12.3. The second-order valence-corrected chi connectivity index (χ2v) is 5.01. The van der Waals surface area contributed by atoms with Crippen LogP contribution in [0.3, 0.4) is 0 Å². The summed E-state index contributed by atoms with van der Waals surface area (Å²) in [5, 5.41) is 8.74. The second kappa shape index (κ2) is 8.21. The topological polar surface area (TPSA) is 36.4 Å². The van der Waals surface area contributed by atoms with Gasteiger partial charge in [0, 0.05) is 37.5 Å². The SMILES string of the molecule is CN(Cc1cccnc1)Cc1cccc(C#CCCO)c1. The quantitative estimate of drug-likeness (QED) is 0.855. The van der Waals surface area contributed by atoms with E-state index in [1.165, 1.54) is 11.1 Å². The number of pyridine rings is 1.